The summed E-state index contributed by atoms with van der Waals surface area (Å²) >= 11 is 0. The quantitative estimate of drug-likeness (QED) is 0.458. The van der Waals surface area contributed by atoms with Crippen LogP contribution in [0, 0.1) is 5.82 Å². The van der Waals surface area contributed by atoms with E-state index in [1.54, 1.807) is 12.3 Å². The van der Waals surface area contributed by atoms with E-state index in [1.165, 1.54) is 11.6 Å². The summed E-state index contributed by atoms with van der Waals surface area (Å²) in [6.07, 6.45) is 2.49. The Morgan fingerprint density at radius 1 is 0.821 bits per heavy atom. The smallest absolute Gasteiger partial charge is 0.149 e. The summed E-state index contributed by atoms with van der Waals surface area (Å²) in [4.78, 5) is 4.13. The third kappa shape index (κ3) is 4.29. The van der Waals surface area contributed by atoms with Crippen LogP contribution in [-0.2, 0) is 13.0 Å². The molecule has 140 valence electrons. The van der Waals surface area contributed by atoms with Gasteiger partial charge in [0.2, 0.25) is 0 Å². The van der Waals surface area contributed by atoms with Crippen LogP contribution in [0.25, 0.3) is 10.9 Å². The summed E-state index contributed by atoms with van der Waals surface area (Å²) in [6.45, 7) is 1.31. The van der Waals surface area contributed by atoms with Gasteiger partial charge >= 0.3 is 0 Å². The minimum atomic E-state index is -0.299. The molecule has 28 heavy (non-hydrogen) atoms. The monoisotopic (exact) mass is 372 g/mol. The van der Waals surface area contributed by atoms with Crippen molar-refractivity contribution in [3.63, 3.8) is 0 Å². The Bertz CT molecular complexity index is 1050. The third-order valence-electron chi connectivity index (χ3n) is 4.62. The van der Waals surface area contributed by atoms with Crippen molar-refractivity contribution >= 4 is 16.6 Å². The van der Waals surface area contributed by atoms with Crippen molar-refractivity contribution in [1.82, 2.24) is 4.98 Å². The van der Waals surface area contributed by atoms with Crippen molar-refractivity contribution in [2.45, 2.75) is 13.0 Å². The number of rotatable bonds is 7. The molecule has 0 aliphatic rings. The zero-order valence-corrected chi connectivity index (χ0v) is 15.4. The number of para-hydroxylation sites is 1. The van der Waals surface area contributed by atoms with Crippen LogP contribution in [0.15, 0.2) is 85.1 Å². The first-order valence-electron chi connectivity index (χ1n) is 9.32. The number of fused-ring (bicyclic) bond motifs is 1. The Morgan fingerprint density at radius 3 is 2.46 bits per heavy atom. The van der Waals surface area contributed by atoms with Crippen molar-refractivity contribution in [3.05, 3.63) is 102 Å². The Kier molecular flexibility index (Phi) is 5.48. The lowest BCUT2D eigenvalue weighted by Gasteiger charge is -2.10. The van der Waals surface area contributed by atoms with Crippen molar-refractivity contribution in [3.8, 4) is 5.75 Å². The lowest BCUT2D eigenvalue weighted by molar-refractivity contribution is 0.306. The number of anilines is 1. The molecule has 0 unspecified atom stereocenters. The van der Waals surface area contributed by atoms with Crippen LogP contribution in [0.5, 0.6) is 5.75 Å². The summed E-state index contributed by atoms with van der Waals surface area (Å²) in [6, 6.07) is 25.2. The number of nitrogens with zero attached hydrogens (tertiary/aromatic N) is 1. The molecule has 3 nitrogen and oxygen atoms in total. The summed E-state index contributed by atoms with van der Waals surface area (Å²) in [7, 11) is 0. The lowest BCUT2D eigenvalue weighted by atomic mass is 10.1. The fourth-order valence-corrected chi connectivity index (χ4v) is 3.13. The van der Waals surface area contributed by atoms with Crippen LogP contribution < -0.4 is 10.1 Å². The molecular formula is C24H21FN2O. The van der Waals surface area contributed by atoms with Crippen LogP contribution in [0.1, 0.15) is 11.1 Å². The molecule has 0 radical (unpaired) electrons. The van der Waals surface area contributed by atoms with E-state index in [0.29, 0.717) is 12.1 Å². The topological polar surface area (TPSA) is 34.1 Å². The lowest BCUT2D eigenvalue weighted by Crippen LogP contribution is -2.05. The molecule has 1 heterocycles. The third-order valence-corrected chi connectivity index (χ3v) is 4.62. The number of hydrogen-bond acceptors (Lipinski definition) is 3. The van der Waals surface area contributed by atoms with Crippen LogP contribution in [-0.4, -0.2) is 11.5 Å². The second kappa shape index (κ2) is 8.53. The fourth-order valence-electron chi connectivity index (χ4n) is 3.13. The van der Waals surface area contributed by atoms with Crippen LogP contribution in [0.2, 0.25) is 0 Å². The molecule has 4 heteroatoms. The van der Waals surface area contributed by atoms with Gasteiger partial charge in [0.15, 0.2) is 0 Å². The molecule has 4 aromatic rings. The molecule has 0 amide bonds. The predicted molar refractivity (Wildman–Crippen MR) is 111 cm³/mol. The highest BCUT2D eigenvalue weighted by Crippen LogP contribution is 2.23. The zero-order chi connectivity index (χ0) is 19.2. The first kappa shape index (κ1) is 18.0. The van der Waals surface area contributed by atoms with Gasteiger partial charge in [0, 0.05) is 23.8 Å². The molecule has 0 spiro atoms. The molecule has 0 aliphatic heterocycles. The van der Waals surface area contributed by atoms with Gasteiger partial charge in [-0.3, -0.25) is 4.98 Å². The average Bonchev–Trinajstić information content (AvgIpc) is 2.75. The largest absolute Gasteiger partial charge is 0.489 e. The zero-order valence-electron chi connectivity index (χ0n) is 15.4. The molecular weight excluding hydrogens is 351 g/mol. The number of nitrogens with one attached hydrogen (secondary N) is 1. The van der Waals surface area contributed by atoms with Crippen molar-refractivity contribution in [1.29, 1.82) is 0 Å². The van der Waals surface area contributed by atoms with E-state index in [0.717, 1.165) is 35.4 Å². The standard InChI is InChI=1S/C24H21FN2O/c25-22-8-4-7-21-23(14-16-27-24(21)22)26-15-13-18-9-11-20(12-10-18)28-17-19-5-2-1-3-6-19/h1-12,14,16H,13,15,17H2,(H,26,27). The molecule has 0 aliphatic carbocycles. The highest BCUT2D eigenvalue weighted by atomic mass is 19.1. The summed E-state index contributed by atoms with van der Waals surface area (Å²) in [5, 5.41) is 4.19. The average molecular weight is 372 g/mol. The van der Waals surface area contributed by atoms with Gasteiger partial charge in [-0.15, -0.1) is 0 Å². The maximum absolute atomic E-state index is 13.9. The molecule has 0 saturated carbocycles. The van der Waals surface area contributed by atoms with Crippen molar-refractivity contribution in [2.24, 2.45) is 0 Å². The Labute approximate surface area is 163 Å². The van der Waals surface area contributed by atoms with E-state index in [4.69, 9.17) is 4.74 Å². The maximum Gasteiger partial charge on any atom is 0.149 e. The molecule has 0 saturated heterocycles. The predicted octanol–water partition coefficient (Wildman–Crippen LogP) is 5.61. The van der Waals surface area contributed by atoms with E-state index in [2.05, 4.69) is 34.6 Å². The van der Waals surface area contributed by atoms with Crippen molar-refractivity contribution < 1.29 is 9.13 Å². The highest BCUT2D eigenvalue weighted by Gasteiger charge is 2.05. The Hall–Kier alpha value is -3.40. The van der Waals surface area contributed by atoms with E-state index >= 15 is 0 Å². The number of ether oxygens (including phenoxy) is 1. The fraction of sp³-hybridized carbons (Fsp3) is 0.125. The molecule has 0 bridgehead atoms. The van der Waals surface area contributed by atoms with Gasteiger partial charge < -0.3 is 10.1 Å². The molecule has 1 aromatic heterocycles. The minimum Gasteiger partial charge on any atom is -0.489 e. The first-order chi connectivity index (χ1) is 13.8. The Balaban J connectivity index is 1.33. The van der Waals surface area contributed by atoms with Gasteiger partial charge in [-0.2, -0.15) is 0 Å². The molecule has 1 N–H and O–H groups in total. The van der Waals surface area contributed by atoms with Gasteiger partial charge in [-0.05, 0) is 41.8 Å². The van der Waals surface area contributed by atoms with Gasteiger partial charge in [0.05, 0.1) is 0 Å². The normalized spacial score (nSPS) is 10.8. The van der Waals surface area contributed by atoms with E-state index in [-0.39, 0.29) is 5.82 Å². The maximum atomic E-state index is 13.9. The number of pyridine rings is 1. The Morgan fingerprint density at radius 2 is 1.64 bits per heavy atom. The van der Waals surface area contributed by atoms with Crippen LogP contribution >= 0.6 is 0 Å². The number of hydrogen-bond donors (Lipinski definition) is 1. The molecule has 0 atom stereocenters. The van der Waals surface area contributed by atoms with E-state index in [9.17, 15) is 4.39 Å². The molecule has 0 fully saturated rings. The number of halogens is 1. The summed E-state index contributed by atoms with van der Waals surface area (Å²) in [5.74, 6) is 0.559. The van der Waals surface area contributed by atoms with Gasteiger partial charge in [-0.1, -0.05) is 54.6 Å². The van der Waals surface area contributed by atoms with Crippen LogP contribution in [0.4, 0.5) is 10.1 Å². The van der Waals surface area contributed by atoms with Gasteiger partial charge in [0.25, 0.3) is 0 Å². The summed E-state index contributed by atoms with van der Waals surface area (Å²) < 4.78 is 19.7. The second-order valence-corrected chi connectivity index (χ2v) is 6.59. The number of aromatic nitrogens is 1. The minimum absolute atomic E-state index is 0.299. The van der Waals surface area contributed by atoms with Crippen LogP contribution in [0.3, 0.4) is 0 Å². The number of benzene rings is 3. The SMILES string of the molecule is Fc1cccc2c(NCCc3ccc(OCc4ccccc4)cc3)ccnc12. The van der Waals surface area contributed by atoms with Gasteiger partial charge in [0.1, 0.15) is 23.7 Å². The molecule has 4 rings (SSSR count). The van der Waals surface area contributed by atoms with Gasteiger partial charge in [-0.25, -0.2) is 4.39 Å². The molecule has 3 aromatic carbocycles. The second-order valence-electron chi connectivity index (χ2n) is 6.59. The highest BCUT2D eigenvalue weighted by molar-refractivity contribution is 5.91. The first-order valence-corrected chi connectivity index (χ1v) is 9.32. The van der Waals surface area contributed by atoms with E-state index in [1.807, 2.05) is 42.5 Å². The van der Waals surface area contributed by atoms with E-state index < -0.39 is 0 Å². The van der Waals surface area contributed by atoms with Crippen molar-refractivity contribution in [2.75, 3.05) is 11.9 Å². The summed E-state index contributed by atoms with van der Waals surface area (Å²) in [5.41, 5.74) is 3.65.